The van der Waals surface area contributed by atoms with Crippen molar-refractivity contribution < 1.29 is 14.3 Å². The average Bonchev–Trinajstić information content (AvgIpc) is 2.99. The van der Waals surface area contributed by atoms with E-state index in [4.69, 9.17) is 9.47 Å². The minimum absolute atomic E-state index is 0.0433. The second-order valence-corrected chi connectivity index (χ2v) is 5.97. The van der Waals surface area contributed by atoms with Gasteiger partial charge in [-0.25, -0.2) is 0 Å². The SMILES string of the molecule is O=C(NCCCc1ccc2c(c1)OCO2)c1ccc(Br)cc1. The van der Waals surface area contributed by atoms with Gasteiger partial charge in [-0.15, -0.1) is 0 Å². The first-order valence-corrected chi connectivity index (χ1v) is 7.94. The summed E-state index contributed by atoms with van der Waals surface area (Å²) in [6, 6.07) is 13.3. The quantitative estimate of drug-likeness (QED) is 0.828. The number of carbonyl (C=O) groups is 1. The van der Waals surface area contributed by atoms with Gasteiger partial charge in [-0.05, 0) is 54.8 Å². The van der Waals surface area contributed by atoms with Crippen LogP contribution in [0.5, 0.6) is 11.5 Å². The Hall–Kier alpha value is -2.01. The van der Waals surface area contributed by atoms with E-state index in [0.717, 1.165) is 28.8 Å². The maximum Gasteiger partial charge on any atom is 0.251 e. The number of ether oxygens (including phenoxy) is 2. The molecule has 0 spiro atoms. The molecule has 2 aromatic rings. The average molecular weight is 362 g/mol. The van der Waals surface area contributed by atoms with Crippen LogP contribution in [0.15, 0.2) is 46.9 Å². The summed E-state index contributed by atoms with van der Waals surface area (Å²) in [4.78, 5) is 12.0. The van der Waals surface area contributed by atoms with Gasteiger partial charge in [-0.2, -0.15) is 0 Å². The van der Waals surface area contributed by atoms with E-state index in [2.05, 4.69) is 21.2 Å². The minimum atomic E-state index is -0.0433. The van der Waals surface area contributed by atoms with Gasteiger partial charge in [0.2, 0.25) is 6.79 Å². The molecule has 1 aliphatic heterocycles. The second kappa shape index (κ2) is 6.83. The molecule has 5 heteroatoms. The fourth-order valence-electron chi connectivity index (χ4n) is 2.29. The van der Waals surface area contributed by atoms with E-state index >= 15 is 0 Å². The van der Waals surface area contributed by atoms with E-state index in [1.165, 1.54) is 5.56 Å². The second-order valence-electron chi connectivity index (χ2n) is 5.05. The van der Waals surface area contributed by atoms with Crippen molar-refractivity contribution in [1.29, 1.82) is 0 Å². The number of nitrogens with one attached hydrogen (secondary N) is 1. The van der Waals surface area contributed by atoms with E-state index in [-0.39, 0.29) is 5.91 Å². The highest BCUT2D eigenvalue weighted by molar-refractivity contribution is 9.10. The van der Waals surface area contributed by atoms with E-state index in [1.54, 1.807) is 12.1 Å². The Morgan fingerprint density at radius 1 is 1.09 bits per heavy atom. The number of halogens is 1. The number of hydrogen-bond donors (Lipinski definition) is 1. The normalized spacial score (nSPS) is 12.2. The van der Waals surface area contributed by atoms with Gasteiger partial charge in [0.05, 0.1) is 0 Å². The monoisotopic (exact) mass is 361 g/mol. The molecule has 4 nitrogen and oxygen atoms in total. The standard InChI is InChI=1S/C17H16BrNO3/c18-14-6-4-13(5-7-14)17(20)19-9-1-2-12-3-8-15-16(10-12)22-11-21-15/h3-8,10H,1-2,9,11H2,(H,19,20). The lowest BCUT2D eigenvalue weighted by molar-refractivity contribution is 0.0953. The molecule has 0 aliphatic carbocycles. The van der Waals surface area contributed by atoms with Crippen molar-refractivity contribution in [2.75, 3.05) is 13.3 Å². The summed E-state index contributed by atoms with van der Waals surface area (Å²) in [6.07, 6.45) is 1.76. The smallest absolute Gasteiger partial charge is 0.251 e. The molecule has 1 amide bonds. The van der Waals surface area contributed by atoms with Crippen molar-refractivity contribution in [3.63, 3.8) is 0 Å². The van der Waals surface area contributed by atoms with Crippen LogP contribution in [0.1, 0.15) is 22.3 Å². The molecule has 0 atom stereocenters. The third-order valence-corrected chi connectivity index (χ3v) is 4.00. The summed E-state index contributed by atoms with van der Waals surface area (Å²) in [5.41, 5.74) is 1.86. The molecule has 0 aromatic heterocycles. The molecule has 3 rings (SSSR count). The summed E-state index contributed by atoms with van der Waals surface area (Å²) in [5.74, 6) is 1.56. The maximum absolute atomic E-state index is 12.0. The summed E-state index contributed by atoms with van der Waals surface area (Å²) in [5, 5.41) is 2.93. The highest BCUT2D eigenvalue weighted by atomic mass is 79.9. The van der Waals surface area contributed by atoms with Gasteiger partial charge in [0.1, 0.15) is 0 Å². The number of amides is 1. The van der Waals surface area contributed by atoms with Gasteiger partial charge >= 0.3 is 0 Å². The van der Waals surface area contributed by atoms with Crippen LogP contribution in [0.4, 0.5) is 0 Å². The predicted octanol–water partition coefficient (Wildman–Crippen LogP) is 3.54. The summed E-state index contributed by atoms with van der Waals surface area (Å²) in [6.45, 7) is 0.936. The summed E-state index contributed by atoms with van der Waals surface area (Å²) >= 11 is 3.35. The lowest BCUT2D eigenvalue weighted by atomic mass is 10.1. The van der Waals surface area contributed by atoms with Crippen LogP contribution in [0.25, 0.3) is 0 Å². The molecule has 0 bridgehead atoms. The molecule has 0 saturated carbocycles. The predicted molar refractivity (Wildman–Crippen MR) is 87.4 cm³/mol. The van der Waals surface area contributed by atoms with Crippen molar-refractivity contribution in [2.24, 2.45) is 0 Å². The molecule has 114 valence electrons. The van der Waals surface area contributed by atoms with Crippen molar-refractivity contribution in [2.45, 2.75) is 12.8 Å². The zero-order chi connectivity index (χ0) is 15.4. The van der Waals surface area contributed by atoms with Crippen molar-refractivity contribution >= 4 is 21.8 Å². The van der Waals surface area contributed by atoms with Gasteiger partial charge in [0.15, 0.2) is 11.5 Å². The molecule has 0 unspecified atom stereocenters. The van der Waals surface area contributed by atoms with Crippen LogP contribution >= 0.6 is 15.9 Å². The number of carbonyl (C=O) groups excluding carboxylic acids is 1. The van der Waals surface area contributed by atoms with Gasteiger partial charge in [0, 0.05) is 16.6 Å². The Labute approximate surface area is 137 Å². The van der Waals surface area contributed by atoms with Crippen molar-refractivity contribution in [3.8, 4) is 11.5 Å². The highest BCUT2D eigenvalue weighted by Crippen LogP contribution is 2.32. The summed E-state index contributed by atoms with van der Waals surface area (Å²) < 4.78 is 11.6. The number of benzene rings is 2. The topological polar surface area (TPSA) is 47.6 Å². The van der Waals surface area contributed by atoms with E-state index in [1.807, 2.05) is 30.3 Å². The third kappa shape index (κ3) is 3.60. The lowest BCUT2D eigenvalue weighted by Crippen LogP contribution is -2.24. The van der Waals surface area contributed by atoms with Gasteiger partial charge in [-0.1, -0.05) is 22.0 Å². The van der Waals surface area contributed by atoms with E-state index in [9.17, 15) is 4.79 Å². The Bertz CT molecular complexity index is 670. The van der Waals surface area contributed by atoms with E-state index < -0.39 is 0 Å². The van der Waals surface area contributed by atoms with Crippen LogP contribution in [0, 0.1) is 0 Å². The zero-order valence-corrected chi connectivity index (χ0v) is 13.6. The van der Waals surface area contributed by atoms with Crippen LogP contribution in [0.3, 0.4) is 0 Å². The van der Waals surface area contributed by atoms with Gasteiger partial charge < -0.3 is 14.8 Å². The van der Waals surface area contributed by atoms with E-state index in [0.29, 0.717) is 18.9 Å². The highest BCUT2D eigenvalue weighted by Gasteiger charge is 2.13. The van der Waals surface area contributed by atoms with Gasteiger partial charge in [0.25, 0.3) is 5.91 Å². The Kier molecular flexibility index (Phi) is 4.63. The largest absolute Gasteiger partial charge is 0.454 e. The molecular formula is C17H16BrNO3. The van der Waals surface area contributed by atoms with Crippen LogP contribution in [-0.2, 0) is 6.42 Å². The Morgan fingerprint density at radius 2 is 1.86 bits per heavy atom. The molecule has 1 N–H and O–H groups in total. The number of hydrogen-bond acceptors (Lipinski definition) is 3. The molecule has 0 radical (unpaired) electrons. The first-order valence-electron chi connectivity index (χ1n) is 7.15. The third-order valence-electron chi connectivity index (χ3n) is 3.47. The maximum atomic E-state index is 12.0. The molecule has 0 saturated heterocycles. The lowest BCUT2D eigenvalue weighted by Gasteiger charge is -2.06. The number of aryl methyl sites for hydroxylation is 1. The zero-order valence-electron chi connectivity index (χ0n) is 12.0. The van der Waals surface area contributed by atoms with Crippen LogP contribution in [-0.4, -0.2) is 19.2 Å². The molecular weight excluding hydrogens is 346 g/mol. The van der Waals surface area contributed by atoms with Crippen LogP contribution < -0.4 is 14.8 Å². The number of rotatable bonds is 5. The Morgan fingerprint density at radius 3 is 2.68 bits per heavy atom. The molecule has 2 aromatic carbocycles. The molecule has 22 heavy (non-hydrogen) atoms. The summed E-state index contributed by atoms with van der Waals surface area (Å²) in [7, 11) is 0. The first-order chi connectivity index (χ1) is 10.7. The molecule has 1 aliphatic rings. The van der Waals surface area contributed by atoms with Gasteiger partial charge in [-0.3, -0.25) is 4.79 Å². The molecule has 0 fully saturated rings. The number of fused-ring (bicyclic) bond motifs is 1. The minimum Gasteiger partial charge on any atom is -0.454 e. The fourth-order valence-corrected chi connectivity index (χ4v) is 2.56. The first kappa shape index (κ1) is 14.9. The van der Waals surface area contributed by atoms with Crippen LogP contribution in [0.2, 0.25) is 0 Å². The van der Waals surface area contributed by atoms with Crippen molar-refractivity contribution in [3.05, 3.63) is 58.1 Å². The van der Waals surface area contributed by atoms with Crippen molar-refractivity contribution in [1.82, 2.24) is 5.32 Å². The molecule has 1 heterocycles. The Balaban J connectivity index is 1.45. The fraction of sp³-hybridized carbons (Fsp3) is 0.235.